The maximum absolute atomic E-state index is 13.4. The Labute approximate surface area is 116 Å². The van der Waals surface area contributed by atoms with Crippen LogP contribution in [0.25, 0.3) is 0 Å². The first-order valence-corrected chi connectivity index (χ1v) is 5.90. The minimum absolute atomic E-state index is 0.295. The Balaban J connectivity index is 2.43. The van der Waals surface area contributed by atoms with E-state index in [1.807, 2.05) is 0 Å². The molecule has 0 atom stereocenters. The number of anilines is 2. The van der Waals surface area contributed by atoms with Gasteiger partial charge in [-0.2, -0.15) is 10.4 Å². The molecule has 0 saturated carbocycles. The molecule has 1 aromatic carbocycles. The molecule has 0 aliphatic heterocycles. The number of ether oxygens (including phenoxy) is 1. The van der Waals surface area contributed by atoms with Gasteiger partial charge in [-0.25, -0.2) is 4.39 Å². The second kappa shape index (κ2) is 5.53. The third-order valence-electron chi connectivity index (χ3n) is 2.94. The zero-order chi connectivity index (χ0) is 14.7. The van der Waals surface area contributed by atoms with Gasteiger partial charge in [0.15, 0.2) is 5.82 Å². The standard InChI is InChI=1S/C14H13FN4O/c1-8-9(2)18-19-14(13(8)7-16)17-11-4-10(15)5-12(6-11)20-3/h4-6H,1-3H3,(H,17,19). The van der Waals surface area contributed by atoms with E-state index in [4.69, 9.17) is 4.74 Å². The number of nitrogens with zero attached hydrogens (tertiary/aromatic N) is 3. The van der Waals surface area contributed by atoms with Crippen LogP contribution in [-0.2, 0) is 0 Å². The van der Waals surface area contributed by atoms with E-state index in [9.17, 15) is 9.65 Å². The fraction of sp³-hybridized carbons (Fsp3) is 0.214. The van der Waals surface area contributed by atoms with Gasteiger partial charge in [0.25, 0.3) is 0 Å². The van der Waals surface area contributed by atoms with Crippen LogP contribution in [0.4, 0.5) is 15.9 Å². The zero-order valence-corrected chi connectivity index (χ0v) is 11.4. The van der Waals surface area contributed by atoms with E-state index in [2.05, 4.69) is 21.6 Å². The summed E-state index contributed by atoms with van der Waals surface area (Å²) in [6, 6.07) is 6.25. The van der Waals surface area contributed by atoms with Crippen molar-refractivity contribution in [3.63, 3.8) is 0 Å². The molecule has 0 radical (unpaired) electrons. The van der Waals surface area contributed by atoms with E-state index in [0.717, 1.165) is 5.56 Å². The topological polar surface area (TPSA) is 70.8 Å². The molecule has 0 amide bonds. The van der Waals surface area contributed by atoms with Crippen molar-refractivity contribution in [2.45, 2.75) is 13.8 Å². The molecule has 0 aliphatic rings. The highest BCUT2D eigenvalue weighted by atomic mass is 19.1. The predicted octanol–water partition coefficient (Wildman–Crippen LogP) is 2.86. The molecule has 1 aromatic heterocycles. The van der Waals surface area contributed by atoms with Gasteiger partial charge in [0.1, 0.15) is 23.2 Å². The van der Waals surface area contributed by atoms with Gasteiger partial charge < -0.3 is 10.1 Å². The molecule has 5 nitrogen and oxygen atoms in total. The first-order valence-electron chi connectivity index (χ1n) is 5.90. The predicted molar refractivity (Wildman–Crippen MR) is 72.5 cm³/mol. The molecule has 2 aromatic rings. The number of rotatable bonds is 3. The number of halogens is 1. The Morgan fingerprint density at radius 1 is 1.25 bits per heavy atom. The summed E-state index contributed by atoms with van der Waals surface area (Å²) in [5.74, 6) is 0.230. The number of hydrogen-bond donors (Lipinski definition) is 1. The molecule has 0 spiro atoms. The maximum atomic E-state index is 13.4. The summed E-state index contributed by atoms with van der Waals surface area (Å²) < 4.78 is 18.4. The molecule has 1 N–H and O–H groups in total. The molecule has 0 saturated heterocycles. The highest BCUT2D eigenvalue weighted by molar-refractivity contribution is 5.65. The molecule has 102 valence electrons. The lowest BCUT2D eigenvalue weighted by Gasteiger charge is -2.10. The van der Waals surface area contributed by atoms with E-state index in [1.165, 1.54) is 19.2 Å². The molecule has 6 heteroatoms. The highest BCUT2D eigenvalue weighted by Crippen LogP contribution is 2.25. The number of nitrogens with one attached hydrogen (secondary N) is 1. The van der Waals surface area contributed by atoms with Crippen LogP contribution in [0.3, 0.4) is 0 Å². The van der Waals surface area contributed by atoms with E-state index >= 15 is 0 Å². The van der Waals surface area contributed by atoms with Crippen molar-refractivity contribution in [2.24, 2.45) is 0 Å². The van der Waals surface area contributed by atoms with Crippen molar-refractivity contribution >= 4 is 11.5 Å². The number of aryl methyl sites for hydroxylation is 1. The van der Waals surface area contributed by atoms with Gasteiger partial charge in [-0.05, 0) is 25.5 Å². The summed E-state index contributed by atoms with van der Waals surface area (Å²) in [4.78, 5) is 0. The van der Waals surface area contributed by atoms with Crippen molar-refractivity contribution < 1.29 is 9.13 Å². The van der Waals surface area contributed by atoms with Gasteiger partial charge in [0.05, 0.1) is 12.8 Å². The van der Waals surface area contributed by atoms with E-state index in [-0.39, 0.29) is 0 Å². The second-order valence-electron chi connectivity index (χ2n) is 4.25. The van der Waals surface area contributed by atoms with E-state index < -0.39 is 5.82 Å². The Kier molecular flexibility index (Phi) is 3.80. The van der Waals surface area contributed by atoms with Crippen LogP contribution in [0.2, 0.25) is 0 Å². The minimum atomic E-state index is -0.442. The van der Waals surface area contributed by atoms with Crippen LogP contribution in [0.1, 0.15) is 16.8 Å². The molecule has 20 heavy (non-hydrogen) atoms. The molecular formula is C14H13FN4O. The summed E-state index contributed by atoms with van der Waals surface area (Å²) in [6.45, 7) is 3.57. The fourth-order valence-corrected chi connectivity index (χ4v) is 1.72. The van der Waals surface area contributed by atoms with Gasteiger partial charge >= 0.3 is 0 Å². The number of aromatic nitrogens is 2. The number of benzene rings is 1. The van der Waals surface area contributed by atoms with Gasteiger partial charge in [0, 0.05) is 17.8 Å². The third kappa shape index (κ3) is 2.67. The van der Waals surface area contributed by atoms with Crippen LogP contribution in [0.15, 0.2) is 18.2 Å². The summed E-state index contributed by atoms with van der Waals surface area (Å²) in [7, 11) is 1.45. The summed E-state index contributed by atoms with van der Waals surface area (Å²) >= 11 is 0. The quantitative estimate of drug-likeness (QED) is 0.930. The van der Waals surface area contributed by atoms with Crippen molar-refractivity contribution in [1.82, 2.24) is 10.2 Å². The van der Waals surface area contributed by atoms with Crippen LogP contribution >= 0.6 is 0 Å². The zero-order valence-electron chi connectivity index (χ0n) is 11.4. The smallest absolute Gasteiger partial charge is 0.171 e. The van der Waals surface area contributed by atoms with Crippen LogP contribution in [-0.4, -0.2) is 17.3 Å². The minimum Gasteiger partial charge on any atom is -0.497 e. The molecule has 0 fully saturated rings. The second-order valence-corrected chi connectivity index (χ2v) is 4.25. The van der Waals surface area contributed by atoms with Crippen molar-refractivity contribution in [1.29, 1.82) is 5.26 Å². The Morgan fingerprint density at radius 2 is 2.00 bits per heavy atom. The van der Waals surface area contributed by atoms with Crippen molar-refractivity contribution in [3.05, 3.63) is 40.8 Å². The first kappa shape index (κ1) is 13.7. The molecule has 0 unspecified atom stereocenters. The van der Waals surface area contributed by atoms with Gasteiger partial charge in [-0.15, -0.1) is 5.10 Å². The summed E-state index contributed by atoms with van der Waals surface area (Å²) in [6.07, 6.45) is 0. The Morgan fingerprint density at radius 3 is 2.65 bits per heavy atom. The number of methoxy groups -OCH3 is 1. The molecular weight excluding hydrogens is 259 g/mol. The largest absolute Gasteiger partial charge is 0.497 e. The summed E-state index contributed by atoms with van der Waals surface area (Å²) in [5, 5.41) is 20.0. The van der Waals surface area contributed by atoms with Crippen molar-refractivity contribution in [3.8, 4) is 11.8 Å². The van der Waals surface area contributed by atoms with Crippen LogP contribution in [0, 0.1) is 31.0 Å². The average molecular weight is 272 g/mol. The molecule has 0 bridgehead atoms. The Bertz CT molecular complexity index is 694. The number of hydrogen-bond acceptors (Lipinski definition) is 5. The normalized spacial score (nSPS) is 9.95. The van der Waals surface area contributed by atoms with Crippen molar-refractivity contribution in [2.75, 3.05) is 12.4 Å². The first-order chi connectivity index (χ1) is 9.55. The van der Waals surface area contributed by atoms with Crippen LogP contribution < -0.4 is 10.1 Å². The summed E-state index contributed by atoms with van der Waals surface area (Å²) in [5.41, 5.74) is 2.26. The average Bonchev–Trinajstić information content (AvgIpc) is 2.42. The molecule has 0 aliphatic carbocycles. The Hall–Kier alpha value is -2.68. The van der Waals surface area contributed by atoms with E-state index in [0.29, 0.717) is 28.5 Å². The monoisotopic (exact) mass is 272 g/mol. The lowest BCUT2D eigenvalue weighted by atomic mass is 10.1. The van der Waals surface area contributed by atoms with Gasteiger partial charge in [-0.1, -0.05) is 0 Å². The lowest BCUT2D eigenvalue weighted by molar-refractivity contribution is 0.411. The highest BCUT2D eigenvalue weighted by Gasteiger charge is 2.11. The number of nitriles is 1. The molecule has 2 rings (SSSR count). The molecule has 1 heterocycles. The van der Waals surface area contributed by atoms with E-state index in [1.54, 1.807) is 19.9 Å². The lowest BCUT2D eigenvalue weighted by Crippen LogP contribution is -2.04. The SMILES string of the molecule is COc1cc(F)cc(Nc2nnc(C)c(C)c2C#N)c1. The van der Waals surface area contributed by atoms with Gasteiger partial charge in [0.2, 0.25) is 0 Å². The maximum Gasteiger partial charge on any atom is 0.171 e. The fourth-order valence-electron chi connectivity index (χ4n) is 1.72. The third-order valence-corrected chi connectivity index (χ3v) is 2.94. The van der Waals surface area contributed by atoms with Gasteiger partial charge in [-0.3, -0.25) is 0 Å². The van der Waals surface area contributed by atoms with Crippen LogP contribution in [0.5, 0.6) is 5.75 Å².